The van der Waals surface area contributed by atoms with Gasteiger partial charge < -0.3 is 5.11 Å². The van der Waals surface area contributed by atoms with Gasteiger partial charge in [0.25, 0.3) is 0 Å². The van der Waals surface area contributed by atoms with Crippen LogP contribution in [-0.4, -0.2) is 14.5 Å². The molecule has 0 radical (unpaired) electrons. The van der Waals surface area contributed by atoms with Crippen LogP contribution in [0.3, 0.4) is 0 Å². The lowest BCUT2D eigenvalue weighted by atomic mass is 10.2. The van der Waals surface area contributed by atoms with Crippen LogP contribution in [-0.2, 0) is 0 Å². The van der Waals surface area contributed by atoms with Gasteiger partial charge in [0.05, 0.1) is 11.7 Å². The second-order valence-electron chi connectivity index (χ2n) is 3.42. The quantitative estimate of drug-likeness (QED) is 0.723. The maximum atomic E-state index is 9.61. The predicted octanol–water partition coefficient (Wildman–Crippen LogP) is 2.16. The van der Waals surface area contributed by atoms with E-state index in [0.717, 1.165) is 11.3 Å². The Morgan fingerprint density at radius 2 is 2.15 bits per heavy atom. The minimum atomic E-state index is 0.249. The van der Waals surface area contributed by atoms with Gasteiger partial charge in [0.15, 0.2) is 5.88 Å². The molecule has 2 heterocycles. The molecule has 0 aromatic carbocycles. The fourth-order valence-electron chi connectivity index (χ4n) is 1.46. The number of aromatic hydroxyl groups is 1. The van der Waals surface area contributed by atoms with Gasteiger partial charge in [-0.2, -0.15) is 0 Å². The predicted molar refractivity (Wildman–Crippen MR) is 50.9 cm³/mol. The molecule has 2 aromatic rings. The molecule has 0 fully saturated rings. The second kappa shape index (κ2) is 2.76. The highest BCUT2D eigenvalue weighted by molar-refractivity contribution is 5.49. The van der Waals surface area contributed by atoms with E-state index >= 15 is 0 Å². The van der Waals surface area contributed by atoms with Gasteiger partial charge in [-0.3, -0.25) is 4.40 Å². The molecular formula is C10H12N2O. The first kappa shape index (κ1) is 8.10. The van der Waals surface area contributed by atoms with Crippen LogP contribution >= 0.6 is 0 Å². The molecule has 0 atom stereocenters. The summed E-state index contributed by atoms with van der Waals surface area (Å²) in [5.41, 5.74) is 0.934. The second-order valence-corrected chi connectivity index (χ2v) is 3.42. The molecule has 0 saturated carbocycles. The molecule has 2 aromatic heterocycles. The van der Waals surface area contributed by atoms with Gasteiger partial charge >= 0.3 is 0 Å². The fourth-order valence-corrected chi connectivity index (χ4v) is 1.46. The van der Waals surface area contributed by atoms with Crippen LogP contribution in [0.25, 0.3) is 5.52 Å². The summed E-state index contributed by atoms with van der Waals surface area (Å²) in [4.78, 5) is 4.26. The van der Waals surface area contributed by atoms with Gasteiger partial charge in [-0.05, 0) is 12.1 Å². The zero-order valence-electron chi connectivity index (χ0n) is 7.73. The van der Waals surface area contributed by atoms with Crippen LogP contribution in [0.2, 0.25) is 0 Å². The van der Waals surface area contributed by atoms with E-state index in [2.05, 4.69) is 18.8 Å². The monoisotopic (exact) mass is 176 g/mol. The van der Waals surface area contributed by atoms with E-state index in [1.807, 2.05) is 12.1 Å². The maximum absolute atomic E-state index is 9.61. The van der Waals surface area contributed by atoms with E-state index in [-0.39, 0.29) is 5.88 Å². The molecule has 0 amide bonds. The molecule has 3 heteroatoms. The third kappa shape index (κ3) is 1.16. The van der Waals surface area contributed by atoms with Crippen molar-refractivity contribution in [3.8, 4) is 5.88 Å². The Hall–Kier alpha value is -1.51. The Labute approximate surface area is 76.7 Å². The Kier molecular flexibility index (Phi) is 1.72. The van der Waals surface area contributed by atoms with Crippen LogP contribution in [0.4, 0.5) is 0 Å². The van der Waals surface area contributed by atoms with E-state index in [0.29, 0.717) is 5.92 Å². The molecule has 0 aliphatic rings. The summed E-state index contributed by atoms with van der Waals surface area (Å²) >= 11 is 0. The molecule has 0 spiro atoms. The fraction of sp³-hybridized carbons (Fsp3) is 0.300. The van der Waals surface area contributed by atoms with Crippen LogP contribution < -0.4 is 0 Å². The van der Waals surface area contributed by atoms with Crippen LogP contribution in [0.15, 0.2) is 24.4 Å². The largest absolute Gasteiger partial charge is 0.494 e. The first-order chi connectivity index (χ1) is 6.20. The van der Waals surface area contributed by atoms with Gasteiger partial charge in [0, 0.05) is 5.92 Å². The van der Waals surface area contributed by atoms with Gasteiger partial charge in [-0.1, -0.05) is 19.9 Å². The van der Waals surface area contributed by atoms with E-state index in [1.54, 1.807) is 16.7 Å². The van der Waals surface area contributed by atoms with Crippen molar-refractivity contribution in [1.82, 2.24) is 9.38 Å². The minimum Gasteiger partial charge on any atom is -0.494 e. The van der Waals surface area contributed by atoms with Crippen molar-refractivity contribution in [2.24, 2.45) is 0 Å². The Bertz CT molecular complexity index is 431. The van der Waals surface area contributed by atoms with E-state index in [4.69, 9.17) is 0 Å². The number of aromatic nitrogens is 2. The lowest BCUT2D eigenvalue weighted by molar-refractivity contribution is 0.441. The summed E-state index contributed by atoms with van der Waals surface area (Å²) < 4.78 is 1.77. The third-order valence-corrected chi connectivity index (χ3v) is 2.07. The van der Waals surface area contributed by atoms with Crippen LogP contribution in [0, 0.1) is 0 Å². The SMILES string of the molecule is CC(C)c1ncc2cccc(O)n12. The molecule has 0 aliphatic heterocycles. The highest BCUT2D eigenvalue weighted by Gasteiger charge is 2.09. The van der Waals surface area contributed by atoms with Crippen molar-refractivity contribution < 1.29 is 5.11 Å². The molecule has 0 saturated heterocycles. The highest BCUT2D eigenvalue weighted by Crippen LogP contribution is 2.20. The summed E-state index contributed by atoms with van der Waals surface area (Å²) in [6.45, 7) is 4.11. The number of pyridine rings is 1. The third-order valence-electron chi connectivity index (χ3n) is 2.07. The van der Waals surface area contributed by atoms with Crippen molar-refractivity contribution in [2.45, 2.75) is 19.8 Å². The average Bonchev–Trinajstić information content (AvgIpc) is 2.49. The smallest absolute Gasteiger partial charge is 0.197 e. The Balaban J connectivity index is 2.79. The Morgan fingerprint density at radius 3 is 2.85 bits per heavy atom. The summed E-state index contributed by atoms with van der Waals surface area (Å²) in [5.74, 6) is 1.46. The first-order valence-corrected chi connectivity index (χ1v) is 4.35. The number of rotatable bonds is 1. The maximum Gasteiger partial charge on any atom is 0.197 e. The number of hydrogen-bond acceptors (Lipinski definition) is 2. The van der Waals surface area contributed by atoms with Gasteiger partial charge in [-0.25, -0.2) is 4.98 Å². The van der Waals surface area contributed by atoms with Crippen LogP contribution in [0.1, 0.15) is 25.6 Å². The first-order valence-electron chi connectivity index (χ1n) is 4.35. The molecule has 3 nitrogen and oxygen atoms in total. The van der Waals surface area contributed by atoms with Gasteiger partial charge in [0.2, 0.25) is 0 Å². The molecular weight excluding hydrogens is 164 g/mol. The van der Waals surface area contributed by atoms with Crippen molar-refractivity contribution in [1.29, 1.82) is 0 Å². The lowest BCUT2D eigenvalue weighted by Gasteiger charge is -2.05. The number of hydrogen-bond donors (Lipinski definition) is 1. The summed E-state index contributed by atoms with van der Waals surface area (Å²) in [7, 11) is 0. The topological polar surface area (TPSA) is 37.5 Å². The molecule has 68 valence electrons. The highest BCUT2D eigenvalue weighted by atomic mass is 16.3. The van der Waals surface area contributed by atoms with Crippen molar-refractivity contribution in [2.75, 3.05) is 0 Å². The van der Waals surface area contributed by atoms with Gasteiger partial charge in [-0.15, -0.1) is 0 Å². The molecule has 0 aliphatic carbocycles. The molecule has 0 unspecified atom stereocenters. The lowest BCUT2D eigenvalue weighted by Crippen LogP contribution is -1.96. The van der Waals surface area contributed by atoms with E-state index in [9.17, 15) is 5.11 Å². The molecule has 1 N–H and O–H groups in total. The number of imidazole rings is 1. The summed E-state index contributed by atoms with van der Waals surface area (Å²) in [5, 5.41) is 9.61. The molecule has 0 bridgehead atoms. The molecule has 13 heavy (non-hydrogen) atoms. The van der Waals surface area contributed by atoms with Crippen molar-refractivity contribution in [3.63, 3.8) is 0 Å². The Morgan fingerprint density at radius 1 is 1.38 bits per heavy atom. The normalized spacial score (nSPS) is 11.3. The summed E-state index contributed by atoms with van der Waals surface area (Å²) in [6, 6.07) is 5.41. The standard InChI is InChI=1S/C10H12N2O/c1-7(2)10-11-6-8-4-3-5-9(13)12(8)10/h3-7,13H,1-2H3. The van der Waals surface area contributed by atoms with E-state index < -0.39 is 0 Å². The zero-order chi connectivity index (χ0) is 9.42. The zero-order valence-corrected chi connectivity index (χ0v) is 7.73. The molecule has 2 rings (SSSR count). The summed E-state index contributed by atoms with van der Waals surface area (Å²) in [6.07, 6.45) is 1.77. The minimum absolute atomic E-state index is 0.249. The number of nitrogens with zero attached hydrogens (tertiary/aromatic N) is 2. The van der Waals surface area contributed by atoms with Crippen LogP contribution in [0.5, 0.6) is 5.88 Å². The van der Waals surface area contributed by atoms with Crippen molar-refractivity contribution in [3.05, 3.63) is 30.2 Å². The van der Waals surface area contributed by atoms with Crippen molar-refractivity contribution >= 4 is 5.52 Å². The van der Waals surface area contributed by atoms with Gasteiger partial charge in [0.1, 0.15) is 5.82 Å². The van der Waals surface area contributed by atoms with E-state index in [1.165, 1.54) is 0 Å². The number of fused-ring (bicyclic) bond motifs is 1. The average molecular weight is 176 g/mol.